The van der Waals surface area contributed by atoms with Crippen LogP contribution in [0.2, 0.25) is 0 Å². The number of rotatable bonds is 4. The number of nitrogens with one attached hydrogen (secondary N) is 2. The van der Waals surface area contributed by atoms with Crippen molar-refractivity contribution in [1.82, 2.24) is 20.6 Å². The van der Waals surface area contributed by atoms with Crippen molar-refractivity contribution in [3.05, 3.63) is 17.0 Å². The number of urea groups is 1. The summed E-state index contributed by atoms with van der Waals surface area (Å²) >= 11 is 1.24. The number of thioether (sulfide) groups is 1. The van der Waals surface area contributed by atoms with Crippen LogP contribution in [-0.4, -0.2) is 33.7 Å². The lowest BCUT2D eigenvalue weighted by Crippen LogP contribution is -2.48. The molecule has 1 aromatic heterocycles. The maximum absolute atomic E-state index is 11.9. The van der Waals surface area contributed by atoms with Gasteiger partial charge in [0.15, 0.2) is 5.16 Å². The van der Waals surface area contributed by atoms with E-state index in [0.29, 0.717) is 11.1 Å². The largest absolute Gasteiger partial charge is 0.335 e. The molecule has 2 rings (SSSR count). The minimum Gasteiger partial charge on any atom is -0.335 e. The van der Waals surface area contributed by atoms with Crippen molar-refractivity contribution in [2.75, 3.05) is 5.75 Å². The van der Waals surface area contributed by atoms with Crippen molar-refractivity contribution in [3.8, 4) is 0 Å². The lowest BCUT2D eigenvalue weighted by atomic mass is 9.86. The molecular formula is C17H26N4O2S. The van der Waals surface area contributed by atoms with Gasteiger partial charge in [0.25, 0.3) is 0 Å². The van der Waals surface area contributed by atoms with Gasteiger partial charge in [-0.15, -0.1) is 0 Å². The maximum atomic E-state index is 11.9. The Morgan fingerprint density at radius 1 is 1.12 bits per heavy atom. The van der Waals surface area contributed by atoms with E-state index in [-0.39, 0.29) is 17.7 Å². The van der Waals surface area contributed by atoms with Crippen molar-refractivity contribution >= 4 is 23.7 Å². The van der Waals surface area contributed by atoms with Crippen LogP contribution < -0.4 is 10.6 Å². The summed E-state index contributed by atoms with van der Waals surface area (Å²) in [5, 5.41) is 5.87. The van der Waals surface area contributed by atoms with E-state index in [1.54, 1.807) is 0 Å². The molecule has 3 amide bonds. The van der Waals surface area contributed by atoms with Gasteiger partial charge in [-0.05, 0) is 45.1 Å². The first-order chi connectivity index (χ1) is 11.4. The van der Waals surface area contributed by atoms with Crippen LogP contribution in [0.25, 0.3) is 0 Å². The first-order valence-electron chi connectivity index (χ1n) is 8.41. The fourth-order valence-corrected chi connectivity index (χ4v) is 3.57. The summed E-state index contributed by atoms with van der Waals surface area (Å²) in [6.07, 6.45) is 4.44. The standard InChI is InChI=1S/C17H26N4O2S/c1-10-7-5-6-8-14(10)20-16(23)21-15(22)9-24-17-18-12(3)11(2)13(4)19-17/h10,14H,5-9H2,1-4H3,(H2,20,21,22,23)/t10-,14+/m0/s1. The molecule has 0 unspecified atom stereocenters. The van der Waals surface area contributed by atoms with Crippen LogP contribution in [0, 0.1) is 26.7 Å². The molecular weight excluding hydrogens is 324 g/mol. The van der Waals surface area contributed by atoms with Crippen LogP contribution in [0.1, 0.15) is 49.6 Å². The number of hydrogen-bond acceptors (Lipinski definition) is 5. The molecule has 0 bridgehead atoms. The van der Waals surface area contributed by atoms with Crippen LogP contribution in [0.5, 0.6) is 0 Å². The molecule has 24 heavy (non-hydrogen) atoms. The molecule has 132 valence electrons. The van der Waals surface area contributed by atoms with E-state index in [9.17, 15) is 9.59 Å². The third kappa shape index (κ3) is 5.19. The van der Waals surface area contributed by atoms with Gasteiger partial charge in [0, 0.05) is 17.4 Å². The van der Waals surface area contributed by atoms with Crippen molar-refractivity contribution in [3.63, 3.8) is 0 Å². The third-order valence-electron chi connectivity index (χ3n) is 4.63. The zero-order valence-electron chi connectivity index (χ0n) is 14.8. The minimum absolute atomic E-state index is 0.121. The predicted octanol–water partition coefficient (Wildman–Crippen LogP) is 2.90. The van der Waals surface area contributed by atoms with E-state index < -0.39 is 6.03 Å². The molecule has 6 nitrogen and oxygen atoms in total. The van der Waals surface area contributed by atoms with Gasteiger partial charge in [-0.1, -0.05) is 31.5 Å². The van der Waals surface area contributed by atoms with Crippen LogP contribution in [0.15, 0.2) is 5.16 Å². The van der Waals surface area contributed by atoms with Gasteiger partial charge in [0.1, 0.15) is 0 Å². The molecule has 2 N–H and O–H groups in total. The van der Waals surface area contributed by atoms with Crippen molar-refractivity contribution in [2.45, 2.75) is 64.6 Å². The van der Waals surface area contributed by atoms with E-state index >= 15 is 0 Å². The molecule has 1 heterocycles. The molecule has 0 radical (unpaired) electrons. The highest BCUT2D eigenvalue weighted by Gasteiger charge is 2.23. The van der Waals surface area contributed by atoms with Gasteiger partial charge < -0.3 is 5.32 Å². The van der Waals surface area contributed by atoms with Gasteiger partial charge in [0.2, 0.25) is 5.91 Å². The van der Waals surface area contributed by atoms with E-state index in [1.165, 1.54) is 18.2 Å². The van der Waals surface area contributed by atoms with Gasteiger partial charge >= 0.3 is 6.03 Å². The van der Waals surface area contributed by atoms with Crippen molar-refractivity contribution in [1.29, 1.82) is 0 Å². The fraction of sp³-hybridized carbons (Fsp3) is 0.647. The summed E-state index contributed by atoms with van der Waals surface area (Å²) in [5.74, 6) is 0.247. The van der Waals surface area contributed by atoms with Crippen molar-refractivity contribution < 1.29 is 9.59 Å². The molecule has 1 aliphatic carbocycles. The molecule has 1 fully saturated rings. The van der Waals surface area contributed by atoms with Crippen LogP contribution in [-0.2, 0) is 4.79 Å². The van der Waals surface area contributed by atoms with Gasteiger partial charge in [-0.3, -0.25) is 10.1 Å². The summed E-state index contributed by atoms with van der Waals surface area (Å²) in [5.41, 5.74) is 2.88. The second-order valence-electron chi connectivity index (χ2n) is 6.48. The van der Waals surface area contributed by atoms with Crippen LogP contribution in [0.3, 0.4) is 0 Å². The van der Waals surface area contributed by atoms with Gasteiger partial charge in [0.05, 0.1) is 5.75 Å². The van der Waals surface area contributed by atoms with E-state index in [2.05, 4.69) is 27.5 Å². The predicted molar refractivity (Wildman–Crippen MR) is 95.1 cm³/mol. The first kappa shape index (κ1) is 18.7. The number of carbonyl (C=O) groups excluding carboxylic acids is 2. The monoisotopic (exact) mass is 350 g/mol. The molecule has 1 aliphatic rings. The minimum atomic E-state index is -0.406. The Morgan fingerprint density at radius 3 is 2.38 bits per heavy atom. The Balaban J connectivity index is 1.79. The highest BCUT2D eigenvalue weighted by molar-refractivity contribution is 7.99. The number of amides is 3. The quantitative estimate of drug-likeness (QED) is 0.644. The number of hydrogen-bond donors (Lipinski definition) is 2. The average Bonchev–Trinajstić information content (AvgIpc) is 2.52. The fourth-order valence-electron chi connectivity index (χ4n) is 2.83. The highest BCUT2D eigenvalue weighted by Crippen LogP contribution is 2.23. The van der Waals surface area contributed by atoms with E-state index in [1.807, 2.05) is 20.8 Å². The number of aromatic nitrogens is 2. The Bertz CT molecular complexity index is 598. The van der Waals surface area contributed by atoms with E-state index in [4.69, 9.17) is 0 Å². The number of carbonyl (C=O) groups is 2. The van der Waals surface area contributed by atoms with E-state index in [0.717, 1.165) is 36.2 Å². The lowest BCUT2D eigenvalue weighted by molar-refractivity contribution is -0.117. The SMILES string of the molecule is Cc1nc(SCC(=O)NC(=O)N[C@@H]2CCCC[C@@H]2C)nc(C)c1C. The number of imide groups is 1. The molecule has 0 aliphatic heterocycles. The first-order valence-corrected chi connectivity index (χ1v) is 9.40. The van der Waals surface area contributed by atoms with Crippen LogP contribution >= 0.6 is 11.8 Å². The molecule has 1 aromatic rings. The Morgan fingerprint density at radius 2 is 1.75 bits per heavy atom. The Kier molecular flexibility index (Phi) is 6.60. The average molecular weight is 350 g/mol. The summed E-state index contributed by atoms with van der Waals surface area (Å²) < 4.78 is 0. The molecule has 7 heteroatoms. The molecule has 1 saturated carbocycles. The number of aryl methyl sites for hydroxylation is 2. The third-order valence-corrected chi connectivity index (χ3v) is 5.47. The molecule has 0 spiro atoms. The second kappa shape index (κ2) is 8.46. The van der Waals surface area contributed by atoms with Gasteiger partial charge in [-0.25, -0.2) is 14.8 Å². The highest BCUT2D eigenvalue weighted by atomic mass is 32.2. The second-order valence-corrected chi connectivity index (χ2v) is 7.42. The van der Waals surface area contributed by atoms with Crippen LogP contribution in [0.4, 0.5) is 4.79 Å². The maximum Gasteiger partial charge on any atom is 0.321 e. The smallest absolute Gasteiger partial charge is 0.321 e. The zero-order chi connectivity index (χ0) is 17.7. The molecule has 2 atom stereocenters. The number of nitrogens with zero attached hydrogens (tertiary/aromatic N) is 2. The summed E-state index contributed by atoms with van der Waals surface area (Å²) in [6, 6.07) is -0.249. The normalized spacial score (nSPS) is 20.5. The molecule has 0 aromatic carbocycles. The Hall–Kier alpha value is -1.63. The summed E-state index contributed by atoms with van der Waals surface area (Å²) in [4.78, 5) is 32.6. The molecule has 0 saturated heterocycles. The summed E-state index contributed by atoms with van der Waals surface area (Å²) in [7, 11) is 0. The topological polar surface area (TPSA) is 84.0 Å². The Labute approximate surface area is 147 Å². The lowest BCUT2D eigenvalue weighted by Gasteiger charge is -2.29. The van der Waals surface area contributed by atoms with Gasteiger partial charge in [-0.2, -0.15) is 0 Å². The van der Waals surface area contributed by atoms with Crippen molar-refractivity contribution in [2.24, 2.45) is 5.92 Å². The summed E-state index contributed by atoms with van der Waals surface area (Å²) in [6.45, 7) is 7.96. The zero-order valence-corrected chi connectivity index (χ0v) is 15.6.